The van der Waals surface area contributed by atoms with Crippen LogP contribution in [0.15, 0.2) is 54.6 Å². The van der Waals surface area contributed by atoms with Crippen molar-refractivity contribution in [3.63, 3.8) is 0 Å². The summed E-state index contributed by atoms with van der Waals surface area (Å²) < 4.78 is 10.2. The Hall–Kier alpha value is -3.68. The summed E-state index contributed by atoms with van der Waals surface area (Å²) in [4.78, 5) is 34.5. The minimum Gasteiger partial charge on any atom is -0.497 e. The summed E-state index contributed by atoms with van der Waals surface area (Å²) in [5.74, 6) is -0.243. The first kappa shape index (κ1) is 21.6. The lowest BCUT2D eigenvalue weighted by atomic mass is 10.0. The number of methoxy groups -OCH3 is 1. The number of esters is 1. The van der Waals surface area contributed by atoms with Gasteiger partial charge in [0.05, 0.1) is 31.1 Å². The summed E-state index contributed by atoms with van der Waals surface area (Å²) in [5, 5.41) is 13.5. The zero-order chi connectivity index (χ0) is 21.2. The van der Waals surface area contributed by atoms with Gasteiger partial charge in [0.15, 0.2) is 0 Å². The predicted molar refractivity (Wildman–Crippen MR) is 107 cm³/mol. The molecule has 1 N–H and O–H groups in total. The third-order valence-electron chi connectivity index (χ3n) is 4.02. The molecule has 0 aliphatic carbocycles. The molecule has 8 nitrogen and oxygen atoms in total. The Morgan fingerprint density at radius 2 is 1.93 bits per heavy atom. The summed E-state index contributed by atoms with van der Waals surface area (Å²) in [7, 11) is 1.53. The van der Waals surface area contributed by atoms with Crippen LogP contribution in [0.3, 0.4) is 0 Å². The normalized spacial score (nSPS) is 11.7. The van der Waals surface area contributed by atoms with Gasteiger partial charge in [-0.3, -0.25) is 19.7 Å². The molecular formula is C21H22N2O6. The van der Waals surface area contributed by atoms with Gasteiger partial charge in [0.2, 0.25) is 5.91 Å². The molecule has 1 unspecified atom stereocenters. The number of rotatable bonds is 9. The van der Waals surface area contributed by atoms with E-state index in [0.717, 1.165) is 0 Å². The van der Waals surface area contributed by atoms with Crippen LogP contribution in [0.25, 0.3) is 6.08 Å². The Labute approximate surface area is 168 Å². The molecule has 0 fully saturated rings. The largest absolute Gasteiger partial charge is 0.497 e. The Bertz CT molecular complexity index is 892. The van der Waals surface area contributed by atoms with E-state index in [9.17, 15) is 19.7 Å². The van der Waals surface area contributed by atoms with E-state index in [0.29, 0.717) is 16.9 Å². The first-order valence-electron chi connectivity index (χ1n) is 8.95. The van der Waals surface area contributed by atoms with Crippen LogP contribution >= 0.6 is 0 Å². The van der Waals surface area contributed by atoms with E-state index in [1.165, 1.54) is 31.4 Å². The SMILES string of the molecule is CCOC(=O)CC(NC(=O)/C=C/c1ccc([N+](=O)[O-])cc1)c1cccc(OC)c1. The molecule has 8 heteroatoms. The molecule has 1 atom stereocenters. The number of hydrogen-bond acceptors (Lipinski definition) is 6. The number of benzene rings is 2. The third kappa shape index (κ3) is 6.76. The molecule has 1 amide bonds. The lowest BCUT2D eigenvalue weighted by molar-refractivity contribution is -0.384. The molecule has 29 heavy (non-hydrogen) atoms. The third-order valence-corrected chi connectivity index (χ3v) is 4.02. The molecular weight excluding hydrogens is 376 g/mol. The van der Waals surface area contributed by atoms with Crippen molar-refractivity contribution in [3.8, 4) is 5.75 Å². The highest BCUT2D eigenvalue weighted by Gasteiger charge is 2.19. The van der Waals surface area contributed by atoms with Crippen LogP contribution in [0.2, 0.25) is 0 Å². The number of nitrogens with one attached hydrogen (secondary N) is 1. The van der Waals surface area contributed by atoms with Crippen molar-refractivity contribution in [2.75, 3.05) is 13.7 Å². The smallest absolute Gasteiger partial charge is 0.308 e. The lowest BCUT2D eigenvalue weighted by Gasteiger charge is -2.18. The second kappa shape index (κ2) is 10.6. The Kier molecular flexibility index (Phi) is 7.90. The molecule has 2 aromatic rings. The molecule has 0 spiro atoms. The van der Waals surface area contributed by atoms with Gasteiger partial charge in [-0.05, 0) is 48.4 Å². The topological polar surface area (TPSA) is 108 Å². The zero-order valence-electron chi connectivity index (χ0n) is 16.2. The van der Waals surface area contributed by atoms with E-state index in [1.54, 1.807) is 43.3 Å². The average Bonchev–Trinajstić information content (AvgIpc) is 2.72. The van der Waals surface area contributed by atoms with Gasteiger partial charge >= 0.3 is 5.97 Å². The second-order valence-corrected chi connectivity index (χ2v) is 6.03. The van der Waals surface area contributed by atoms with Crippen molar-refractivity contribution < 1.29 is 24.0 Å². The monoisotopic (exact) mass is 398 g/mol. The van der Waals surface area contributed by atoms with E-state index < -0.39 is 22.8 Å². The number of non-ortho nitro benzene ring substituents is 1. The van der Waals surface area contributed by atoms with Crippen molar-refractivity contribution in [2.45, 2.75) is 19.4 Å². The zero-order valence-corrected chi connectivity index (χ0v) is 16.2. The van der Waals surface area contributed by atoms with Gasteiger partial charge in [-0.2, -0.15) is 0 Å². The van der Waals surface area contributed by atoms with Crippen LogP contribution in [0, 0.1) is 10.1 Å². The van der Waals surface area contributed by atoms with Gasteiger partial charge in [0, 0.05) is 18.2 Å². The van der Waals surface area contributed by atoms with E-state index in [4.69, 9.17) is 9.47 Å². The molecule has 2 rings (SSSR count). The van der Waals surface area contributed by atoms with Crippen LogP contribution in [-0.2, 0) is 14.3 Å². The van der Waals surface area contributed by atoms with Gasteiger partial charge in [-0.25, -0.2) is 0 Å². The number of amides is 1. The predicted octanol–water partition coefficient (Wildman–Crippen LogP) is 3.43. The molecule has 2 aromatic carbocycles. The van der Waals surface area contributed by atoms with E-state index in [-0.39, 0.29) is 18.7 Å². The maximum absolute atomic E-state index is 12.4. The Morgan fingerprint density at radius 1 is 1.21 bits per heavy atom. The lowest BCUT2D eigenvalue weighted by Crippen LogP contribution is -2.29. The first-order valence-corrected chi connectivity index (χ1v) is 8.95. The number of nitrogens with zero attached hydrogens (tertiary/aromatic N) is 1. The van der Waals surface area contributed by atoms with Gasteiger partial charge in [0.25, 0.3) is 5.69 Å². The highest BCUT2D eigenvalue weighted by Crippen LogP contribution is 2.22. The van der Waals surface area contributed by atoms with Crippen LogP contribution < -0.4 is 10.1 Å². The number of nitro benzene ring substituents is 1. The molecule has 152 valence electrons. The van der Waals surface area contributed by atoms with Crippen molar-refractivity contribution in [1.29, 1.82) is 0 Å². The average molecular weight is 398 g/mol. The second-order valence-electron chi connectivity index (χ2n) is 6.03. The van der Waals surface area contributed by atoms with Crippen LogP contribution in [0.1, 0.15) is 30.5 Å². The van der Waals surface area contributed by atoms with Gasteiger partial charge < -0.3 is 14.8 Å². The molecule has 0 aliphatic rings. The Morgan fingerprint density at radius 3 is 2.55 bits per heavy atom. The number of nitro groups is 1. The molecule has 0 aliphatic heterocycles. The fraction of sp³-hybridized carbons (Fsp3) is 0.238. The summed E-state index contributed by atoms with van der Waals surface area (Å²) in [6, 6.07) is 12.3. The minimum atomic E-state index is -0.599. The number of ether oxygens (including phenoxy) is 2. The first-order chi connectivity index (χ1) is 13.9. The van der Waals surface area contributed by atoms with Gasteiger partial charge in [-0.1, -0.05) is 12.1 Å². The summed E-state index contributed by atoms with van der Waals surface area (Å²) in [6.45, 7) is 1.96. The maximum Gasteiger partial charge on any atom is 0.308 e. The van der Waals surface area contributed by atoms with Crippen molar-refractivity contribution in [2.24, 2.45) is 0 Å². The van der Waals surface area contributed by atoms with Gasteiger partial charge in [0.1, 0.15) is 5.75 Å². The molecule has 0 bridgehead atoms. The van der Waals surface area contributed by atoms with Gasteiger partial charge in [-0.15, -0.1) is 0 Å². The molecule has 0 saturated heterocycles. The molecule has 0 radical (unpaired) electrons. The highest BCUT2D eigenvalue weighted by molar-refractivity contribution is 5.92. The summed E-state index contributed by atoms with van der Waals surface area (Å²) >= 11 is 0. The van der Waals surface area contributed by atoms with Crippen LogP contribution in [0.4, 0.5) is 5.69 Å². The number of hydrogen-bond donors (Lipinski definition) is 1. The van der Waals surface area contributed by atoms with Crippen molar-refractivity contribution in [1.82, 2.24) is 5.32 Å². The minimum absolute atomic E-state index is 0.0286. The van der Waals surface area contributed by atoms with Crippen molar-refractivity contribution in [3.05, 3.63) is 75.8 Å². The molecule has 0 heterocycles. The van der Waals surface area contributed by atoms with E-state index >= 15 is 0 Å². The van der Waals surface area contributed by atoms with E-state index in [1.807, 2.05) is 0 Å². The summed E-state index contributed by atoms with van der Waals surface area (Å²) in [5.41, 5.74) is 1.31. The number of carbonyl (C=O) groups excluding carboxylic acids is 2. The van der Waals surface area contributed by atoms with E-state index in [2.05, 4.69) is 5.32 Å². The fourth-order valence-electron chi connectivity index (χ4n) is 2.60. The van der Waals surface area contributed by atoms with Crippen LogP contribution in [0.5, 0.6) is 5.75 Å². The van der Waals surface area contributed by atoms with Crippen LogP contribution in [-0.4, -0.2) is 30.5 Å². The molecule has 0 saturated carbocycles. The fourth-order valence-corrected chi connectivity index (χ4v) is 2.60. The quantitative estimate of drug-likeness (QED) is 0.300. The number of carbonyl (C=O) groups is 2. The molecule has 0 aromatic heterocycles. The highest BCUT2D eigenvalue weighted by atomic mass is 16.6. The standard InChI is InChI=1S/C21H22N2O6/c1-3-29-21(25)14-19(16-5-4-6-18(13-16)28-2)22-20(24)12-9-15-7-10-17(11-8-15)23(26)27/h4-13,19H,3,14H2,1-2H3,(H,22,24)/b12-9+. The Balaban J connectivity index is 2.12. The van der Waals surface area contributed by atoms with Crippen molar-refractivity contribution >= 4 is 23.6 Å². The summed E-state index contributed by atoms with van der Waals surface area (Å²) in [6.07, 6.45) is 2.81. The maximum atomic E-state index is 12.4.